The summed E-state index contributed by atoms with van der Waals surface area (Å²) in [6.07, 6.45) is 3.15. The van der Waals surface area contributed by atoms with Crippen molar-refractivity contribution in [3.05, 3.63) is 75.7 Å². The van der Waals surface area contributed by atoms with Crippen molar-refractivity contribution < 1.29 is 9.23 Å². The van der Waals surface area contributed by atoms with Gasteiger partial charge in [-0.3, -0.25) is 5.10 Å². The monoisotopic (exact) mass is 363 g/mol. The van der Waals surface area contributed by atoms with Crippen LogP contribution in [-0.2, 0) is 11.4 Å². The van der Waals surface area contributed by atoms with Gasteiger partial charge >= 0.3 is 0 Å². The molecule has 0 aliphatic heterocycles. The molecule has 0 saturated carbocycles. The van der Waals surface area contributed by atoms with Crippen molar-refractivity contribution in [1.29, 1.82) is 0 Å². The zero-order valence-corrected chi connectivity index (χ0v) is 13.9. The van der Waals surface area contributed by atoms with Crippen molar-refractivity contribution in [3.63, 3.8) is 0 Å². The molecule has 1 heterocycles. The molecule has 0 fully saturated rings. The number of H-pyrrole nitrogens is 1. The molecule has 0 atom stereocenters. The van der Waals surface area contributed by atoms with Crippen LogP contribution >= 0.6 is 23.2 Å². The number of hydrogen-bond donors (Lipinski definition) is 1. The van der Waals surface area contributed by atoms with Crippen LogP contribution < -0.4 is 0 Å². The lowest BCUT2D eigenvalue weighted by Gasteiger charge is -2.03. The zero-order valence-electron chi connectivity index (χ0n) is 12.3. The van der Waals surface area contributed by atoms with Gasteiger partial charge in [-0.15, -0.1) is 0 Å². The zero-order chi connectivity index (χ0) is 16.9. The Balaban J connectivity index is 1.67. The molecule has 0 spiro atoms. The molecule has 7 heteroatoms. The summed E-state index contributed by atoms with van der Waals surface area (Å²) in [5, 5.41) is 11.9. The van der Waals surface area contributed by atoms with Crippen LogP contribution in [0, 0.1) is 5.82 Å². The summed E-state index contributed by atoms with van der Waals surface area (Å²) in [6.45, 7) is 0.218. The van der Waals surface area contributed by atoms with Gasteiger partial charge in [0.1, 0.15) is 12.4 Å². The number of halogens is 3. The van der Waals surface area contributed by atoms with Crippen LogP contribution in [0.2, 0.25) is 10.0 Å². The summed E-state index contributed by atoms with van der Waals surface area (Å²) >= 11 is 11.9. The third-order valence-corrected chi connectivity index (χ3v) is 3.89. The molecule has 122 valence electrons. The molecule has 2 aromatic carbocycles. The lowest BCUT2D eigenvalue weighted by Crippen LogP contribution is -1.90. The fourth-order valence-electron chi connectivity index (χ4n) is 2.08. The molecular formula is C17H12Cl2FN3O. The number of nitrogens with one attached hydrogen (secondary N) is 1. The van der Waals surface area contributed by atoms with Crippen LogP contribution in [-0.4, -0.2) is 16.4 Å². The quantitative estimate of drug-likeness (QED) is 0.507. The van der Waals surface area contributed by atoms with Crippen LogP contribution in [0.3, 0.4) is 0 Å². The Labute approximate surface area is 147 Å². The summed E-state index contributed by atoms with van der Waals surface area (Å²) in [7, 11) is 0. The van der Waals surface area contributed by atoms with Crippen LogP contribution in [0.25, 0.3) is 11.3 Å². The van der Waals surface area contributed by atoms with Crippen LogP contribution in [0.15, 0.2) is 53.8 Å². The number of nitrogens with zero attached hydrogens (tertiary/aromatic N) is 2. The van der Waals surface area contributed by atoms with Gasteiger partial charge in [0.2, 0.25) is 0 Å². The third kappa shape index (κ3) is 3.93. The highest BCUT2D eigenvalue weighted by molar-refractivity contribution is 6.35. The number of rotatable bonds is 5. The topological polar surface area (TPSA) is 50.3 Å². The first-order valence-corrected chi connectivity index (χ1v) is 7.77. The fourth-order valence-corrected chi connectivity index (χ4v) is 2.54. The average molecular weight is 364 g/mol. The molecule has 0 saturated heterocycles. The van der Waals surface area contributed by atoms with E-state index < -0.39 is 0 Å². The predicted octanol–water partition coefficient (Wildman–Crippen LogP) is 5.07. The number of benzene rings is 2. The first-order valence-electron chi connectivity index (χ1n) is 7.02. The highest BCUT2D eigenvalue weighted by Gasteiger charge is 2.06. The highest BCUT2D eigenvalue weighted by Crippen LogP contribution is 2.22. The second kappa shape index (κ2) is 7.47. The second-order valence-corrected chi connectivity index (χ2v) is 5.79. The van der Waals surface area contributed by atoms with Gasteiger partial charge in [-0.2, -0.15) is 5.10 Å². The van der Waals surface area contributed by atoms with E-state index in [9.17, 15) is 4.39 Å². The smallest absolute Gasteiger partial charge is 0.143 e. The molecule has 24 heavy (non-hydrogen) atoms. The summed E-state index contributed by atoms with van der Waals surface area (Å²) < 4.78 is 13.0. The average Bonchev–Trinajstić information content (AvgIpc) is 3.02. The number of aromatic amines is 1. The van der Waals surface area contributed by atoms with E-state index in [2.05, 4.69) is 15.4 Å². The summed E-state index contributed by atoms with van der Waals surface area (Å²) in [6, 6.07) is 11.3. The van der Waals surface area contributed by atoms with Crippen LogP contribution in [0.1, 0.15) is 11.1 Å². The first-order chi connectivity index (χ1) is 11.6. The molecule has 0 aliphatic rings. The van der Waals surface area contributed by atoms with E-state index >= 15 is 0 Å². The van der Waals surface area contributed by atoms with Crippen molar-refractivity contribution in [2.45, 2.75) is 6.61 Å². The molecule has 1 aromatic heterocycles. The summed E-state index contributed by atoms with van der Waals surface area (Å²) in [5.41, 5.74) is 3.04. The molecule has 3 rings (SSSR count). The molecule has 4 nitrogen and oxygen atoms in total. The molecule has 0 amide bonds. The van der Waals surface area contributed by atoms with Gasteiger partial charge in [0, 0.05) is 26.7 Å². The fraction of sp³-hybridized carbons (Fsp3) is 0.0588. The number of aromatic nitrogens is 2. The molecule has 1 N–H and O–H groups in total. The van der Waals surface area contributed by atoms with E-state index in [0.717, 1.165) is 22.4 Å². The van der Waals surface area contributed by atoms with Crippen molar-refractivity contribution in [3.8, 4) is 11.3 Å². The van der Waals surface area contributed by atoms with E-state index in [4.69, 9.17) is 28.0 Å². The van der Waals surface area contributed by atoms with Crippen molar-refractivity contribution >= 4 is 29.4 Å². The standard InChI is InChI=1S/C17H12Cl2FN3O/c18-14-4-1-12(16(19)7-14)10-24-22-9-13-8-21-23-17(13)11-2-5-15(20)6-3-11/h1-9H,10H2,(H,21,23). The Morgan fingerprint density at radius 1 is 1.17 bits per heavy atom. The first kappa shape index (κ1) is 16.5. The number of oxime groups is 1. The maximum atomic E-state index is 13.0. The van der Waals surface area contributed by atoms with Crippen molar-refractivity contribution in [2.75, 3.05) is 0 Å². The van der Waals surface area contributed by atoms with Gasteiger partial charge in [-0.1, -0.05) is 34.4 Å². The Hall–Kier alpha value is -2.37. The van der Waals surface area contributed by atoms with E-state index in [-0.39, 0.29) is 12.4 Å². The van der Waals surface area contributed by atoms with Gasteiger partial charge in [0.15, 0.2) is 0 Å². The minimum atomic E-state index is -0.295. The third-order valence-electron chi connectivity index (χ3n) is 3.30. The Bertz CT molecular complexity index is 863. The molecule has 0 bridgehead atoms. The SMILES string of the molecule is Fc1ccc(-c2[nH]ncc2C=NOCc2ccc(Cl)cc2Cl)cc1. The van der Waals surface area contributed by atoms with E-state index in [1.165, 1.54) is 18.3 Å². The number of hydrogen-bond acceptors (Lipinski definition) is 3. The minimum Gasteiger partial charge on any atom is -0.391 e. The normalized spacial score (nSPS) is 11.1. The summed E-state index contributed by atoms with van der Waals surface area (Å²) in [4.78, 5) is 5.26. The lowest BCUT2D eigenvalue weighted by atomic mass is 10.1. The second-order valence-electron chi connectivity index (χ2n) is 4.95. The Kier molecular flexibility index (Phi) is 5.13. The molecular weight excluding hydrogens is 352 g/mol. The van der Waals surface area contributed by atoms with Crippen LogP contribution in [0.4, 0.5) is 4.39 Å². The van der Waals surface area contributed by atoms with Crippen molar-refractivity contribution in [2.24, 2.45) is 5.16 Å². The lowest BCUT2D eigenvalue weighted by molar-refractivity contribution is 0.132. The van der Waals surface area contributed by atoms with Gasteiger partial charge in [-0.05, 0) is 36.4 Å². The van der Waals surface area contributed by atoms with Gasteiger partial charge in [0.05, 0.1) is 18.1 Å². The molecule has 0 radical (unpaired) electrons. The minimum absolute atomic E-state index is 0.218. The van der Waals surface area contributed by atoms with Gasteiger partial charge in [-0.25, -0.2) is 4.39 Å². The maximum absolute atomic E-state index is 13.0. The van der Waals surface area contributed by atoms with Crippen LogP contribution in [0.5, 0.6) is 0 Å². The van der Waals surface area contributed by atoms with Gasteiger partial charge in [0.25, 0.3) is 0 Å². The predicted molar refractivity (Wildman–Crippen MR) is 92.8 cm³/mol. The van der Waals surface area contributed by atoms with E-state index in [1.54, 1.807) is 36.5 Å². The molecule has 0 unspecified atom stereocenters. The van der Waals surface area contributed by atoms with E-state index in [1.807, 2.05) is 0 Å². The largest absolute Gasteiger partial charge is 0.391 e. The van der Waals surface area contributed by atoms with E-state index in [0.29, 0.717) is 10.0 Å². The Morgan fingerprint density at radius 3 is 2.71 bits per heavy atom. The summed E-state index contributed by atoms with van der Waals surface area (Å²) in [5.74, 6) is -0.295. The van der Waals surface area contributed by atoms with Crippen molar-refractivity contribution in [1.82, 2.24) is 10.2 Å². The molecule has 3 aromatic rings. The maximum Gasteiger partial charge on any atom is 0.143 e. The van der Waals surface area contributed by atoms with Gasteiger partial charge < -0.3 is 4.84 Å². The molecule has 0 aliphatic carbocycles. The Morgan fingerprint density at radius 2 is 1.96 bits per heavy atom. The highest BCUT2D eigenvalue weighted by atomic mass is 35.5.